The minimum atomic E-state index is -3.96. The number of piperidine rings is 1. The van der Waals surface area contributed by atoms with E-state index in [0.717, 1.165) is 30.2 Å². The summed E-state index contributed by atoms with van der Waals surface area (Å²) in [6.45, 7) is 1.39. The van der Waals surface area contributed by atoms with Gasteiger partial charge in [0.15, 0.2) is 0 Å². The molecule has 1 N–H and O–H groups in total. The van der Waals surface area contributed by atoms with Crippen LogP contribution in [0.4, 0.5) is 4.39 Å². The van der Waals surface area contributed by atoms with E-state index in [4.69, 9.17) is 11.6 Å². The SMILES string of the molecule is CN1CCC(NC(=O)CN(Cc2ccc(F)cc2)S(=O)(=O)c2ccc(Cl)cc2)CC1. The van der Waals surface area contributed by atoms with Gasteiger partial charge in [0, 0.05) is 17.6 Å². The van der Waals surface area contributed by atoms with Gasteiger partial charge in [-0.3, -0.25) is 4.79 Å². The van der Waals surface area contributed by atoms with Crippen LogP contribution in [-0.4, -0.2) is 56.3 Å². The van der Waals surface area contributed by atoms with Crippen molar-refractivity contribution in [3.8, 4) is 0 Å². The Hall–Kier alpha value is -2.00. The molecule has 1 aliphatic heterocycles. The second-order valence-corrected chi connectivity index (χ2v) is 9.87. The Labute approximate surface area is 181 Å². The van der Waals surface area contributed by atoms with Crippen LogP contribution in [0.15, 0.2) is 53.4 Å². The van der Waals surface area contributed by atoms with Gasteiger partial charge in [-0.25, -0.2) is 12.8 Å². The molecule has 1 aliphatic rings. The zero-order chi connectivity index (χ0) is 21.7. The van der Waals surface area contributed by atoms with E-state index in [-0.39, 0.29) is 29.9 Å². The average Bonchev–Trinajstić information content (AvgIpc) is 2.71. The highest BCUT2D eigenvalue weighted by atomic mass is 35.5. The molecule has 30 heavy (non-hydrogen) atoms. The Morgan fingerprint density at radius 3 is 2.33 bits per heavy atom. The molecule has 0 atom stereocenters. The summed E-state index contributed by atoms with van der Waals surface area (Å²) in [5.41, 5.74) is 0.584. The van der Waals surface area contributed by atoms with E-state index in [1.54, 1.807) is 0 Å². The fourth-order valence-electron chi connectivity index (χ4n) is 3.36. The first-order valence-electron chi connectivity index (χ1n) is 9.72. The third-order valence-corrected chi connectivity index (χ3v) is 7.19. The number of hydrogen-bond acceptors (Lipinski definition) is 4. The molecule has 0 bridgehead atoms. The maximum absolute atomic E-state index is 13.2. The van der Waals surface area contributed by atoms with Crippen molar-refractivity contribution in [2.24, 2.45) is 0 Å². The number of carbonyl (C=O) groups excluding carboxylic acids is 1. The van der Waals surface area contributed by atoms with Crippen LogP contribution in [0.5, 0.6) is 0 Å². The van der Waals surface area contributed by atoms with Crippen LogP contribution in [-0.2, 0) is 21.4 Å². The van der Waals surface area contributed by atoms with Crippen molar-refractivity contribution in [1.29, 1.82) is 0 Å². The minimum Gasteiger partial charge on any atom is -0.352 e. The highest BCUT2D eigenvalue weighted by Crippen LogP contribution is 2.21. The topological polar surface area (TPSA) is 69.7 Å². The lowest BCUT2D eigenvalue weighted by Gasteiger charge is -2.30. The van der Waals surface area contributed by atoms with Crippen molar-refractivity contribution in [2.45, 2.75) is 30.3 Å². The molecule has 3 rings (SSSR count). The molecule has 0 saturated carbocycles. The predicted octanol–water partition coefficient (Wildman–Crippen LogP) is 2.88. The van der Waals surface area contributed by atoms with E-state index in [2.05, 4.69) is 10.2 Å². The molecule has 1 fully saturated rings. The lowest BCUT2D eigenvalue weighted by molar-refractivity contribution is -0.122. The molecule has 0 radical (unpaired) electrons. The highest BCUT2D eigenvalue weighted by molar-refractivity contribution is 7.89. The number of rotatable bonds is 7. The molecule has 0 unspecified atom stereocenters. The molecule has 162 valence electrons. The zero-order valence-corrected chi connectivity index (χ0v) is 18.3. The van der Waals surface area contributed by atoms with E-state index in [1.165, 1.54) is 48.5 Å². The van der Waals surface area contributed by atoms with Crippen LogP contribution >= 0.6 is 11.6 Å². The largest absolute Gasteiger partial charge is 0.352 e. The number of nitrogens with one attached hydrogen (secondary N) is 1. The number of amides is 1. The second kappa shape index (κ2) is 9.87. The van der Waals surface area contributed by atoms with Crippen LogP contribution in [0.2, 0.25) is 5.02 Å². The van der Waals surface area contributed by atoms with Gasteiger partial charge in [-0.15, -0.1) is 0 Å². The van der Waals surface area contributed by atoms with Crippen molar-refractivity contribution in [2.75, 3.05) is 26.7 Å². The third kappa shape index (κ3) is 6.01. The summed E-state index contributed by atoms with van der Waals surface area (Å²) in [5.74, 6) is -0.768. The zero-order valence-electron chi connectivity index (χ0n) is 16.7. The number of likely N-dealkylation sites (tertiary alicyclic amines) is 1. The van der Waals surface area contributed by atoms with E-state index < -0.39 is 15.8 Å². The van der Waals surface area contributed by atoms with E-state index in [1.807, 2.05) is 7.05 Å². The first kappa shape index (κ1) is 22.7. The first-order chi connectivity index (χ1) is 14.2. The Bertz CT molecular complexity index is 960. The average molecular weight is 454 g/mol. The lowest BCUT2D eigenvalue weighted by atomic mass is 10.1. The molecule has 2 aromatic rings. The van der Waals surface area contributed by atoms with Crippen molar-refractivity contribution >= 4 is 27.5 Å². The Morgan fingerprint density at radius 2 is 1.73 bits per heavy atom. The van der Waals surface area contributed by atoms with E-state index >= 15 is 0 Å². The standard InChI is InChI=1S/C21H25ClFN3O3S/c1-25-12-10-19(11-13-25)24-21(27)15-26(14-16-2-6-18(23)7-3-16)30(28,29)20-8-4-17(22)5-9-20/h2-9,19H,10-15H2,1H3,(H,24,27). The highest BCUT2D eigenvalue weighted by Gasteiger charge is 2.28. The molecular formula is C21H25ClFN3O3S. The number of sulfonamides is 1. The van der Waals surface area contributed by atoms with Gasteiger partial charge < -0.3 is 10.2 Å². The molecule has 0 spiro atoms. The molecule has 2 aromatic carbocycles. The maximum atomic E-state index is 13.2. The summed E-state index contributed by atoms with van der Waals surface area (Å²) in [6.07, 6.45) is 1.65. The van der Waals surface area contributed by atoms with Gasteiger partial charge >= 0.3 is 0 Å². The van der Waals surface area contributed by atoms with Crippen molar-refractivity contribution < 1.29 is 17.6 Å². The smallest absolute Gasteiger partial charge is 0.243 e. The van der Waals surface area contributed by atoms with Gasteiger partial charge in [0.05, 0.1) is 11.4 Å². The Morgan fingerprint density at radius 1 is 1.13 bits per heavy atom. The normalized spacial score (nSPS) is 16.0. The summed E-state index contributed by atoms with van der Waals surface area (Å²) in [7, 11) is -1.93. The van der Waals surface area contributed by atoms with Crippen molar-refractivity contribution in [1.82, 2.24) is 14.5 Å². The molecule has 1 amide bonds. The number of halogens is 2. The lowest BCUT2D eigenvalue weighted by Crippen LogP contribution is -2.47. The molecule has 1 saturated heterocycles. The van der Waals surface area contributed by atoms with Gasteiger partial charge in [-0.2, -0.15) is 4.31 Å². The molecule has 0 aliphatic carbocycles. The predicted molar refractivity (Wildman–Crippen MR) is 114 cm³/mol. The number of benzene rings is 2. The van der Waals surface area contributed by atoms with Crippen molar-refractivity contribution in [3.05, 3.63) is 64.9 Å². The Balaban J connectivity index is 1.78. The molecule has 1 heterocycles. The van der Waals surface area contributed by atoms with Gasteiger partial charge in [0.1, 0.15) is 5.82 Å². The summed E-state index contributed by atoms with van der Waals surface area (Å²) in [5, 5.41) is 3.36. The van der Waals surface area contributed by atoms with Crippen LogP contribution in [0.1, 0.15) is 18.4 Å². The maximum Gasteiger partial charge on any atom is 0.243 e. The number of carbonyl (C=O) groups is 1. The van der Waals surface area contributed by atoms with E-state index in [0.29, 0.717) is 10.6 Å². The summed E-state index contributed by atoms with van der Waals surface area (Å²) >= 11 is 5.88. The van der Waals surface area contributed by atoms with Crippen LogP contribution < -0.4 is 5.32 Å². The first-order valence-corrected chi connectivity index (χ1v) is 11.5. The van der Waals surface area contributed by atoms with Crippen LogP contribution in [0.25, 0.3) is 0 Å². The van der Waals surface area contributed by atoms with Gasteiger partial charge in [0.25, 0.3) is 0 Å². The van der Waals surface area contributed by atoms with Gasteiger partial charge in [-0.05, 0) is 74.9 Å². The monoisotopic (exact) mass is 453 g/mol. The van der Waals surface area contributed by atoms with Gasteiger partial charge in [-0.1, -0.05) is 23.7 Å². The van der Waals surface area contributed by atoms with Crippen molar-refractivity contribution in [3.63, 3.8) is 0 Å². The summed E-state index contributed by atoms with van der Waals surface area (Å²) < 4.78 is 40.8. The van der Waals surface area contributed by atoms with Crippen LogP contribution in [0, 0.1) is 5.82 Å². The third-order valence-electron chi connectivity index (χ3n) is 5.13. The number of nitrogens with zero attached hydrogens (tertiary/aromatic N) is 2. The molecule has 6 nitrogen and oxygen atoms in total. The summed E-state index contributed by atoms with van der Waals surface area (Å²) in [4.78, 5) is 14.9. The van der Waals surface area contributed by atoms with Gasteiger partial charge in [0.2, 0.25) is 15.9 Å². The van der Waals surface area contributed by atoms with E-state index in [9.17, 15) is 17.6 Å². The fourth-order valence-corrected chi connectivity index (χ4v) is 4.87. The second-order valence-electron chi connectivity index (χ2n) is 7.50. The molecule has 0 aromatic heterocycles. The molecule has 9 heteroatoms. The number of hydrogen-bond donors (Lipinski definition) is 1. The fraction of sp³-hybridized carbons (Fsp3) is 0.381. The quantitative estimate of drug-likeness (QED) is 0.699. The minimum absolute atomic E-state index is 0.0274. The van der Waals surface area contributed by atoms with Crippen LogP contribution in [0.3, 0.4) is 0 Å². The molecular weight excluding hydrogens is 429 g/mol. The Kier molecular flexibility index (Phi) is 7.46. The summed E-state index contributed by atoms with van der Waals surface area (Å²) in [6, 6.07) is 11.4.